The van der Waals surface area contributed by atoms with Crippen molar-refractivity contribution in [3.63, 3.8) is 0 Å². The maximum absolute atomic E-state index is 12.8. The molecule has 0 aliphatic rings. The molecule has 0 amide bonds. The van der Waals surface area contributed by atoms with Gasteiger partial charge in [-0.2, -0.15) is 23.4 Å². The van der Waals surface area contributed by atoms with Crippen molar-refractivity contribution in [2.24, 2.45) is 0 Å². The van der Waals surface area contributed by atoms with Gasteiger partial charge in [0, 0.05) is 11.8 Å². The number of halogens is 3. The van der Waals surface area contributed by atoms with Crippen molar-refractivity contribution < 1.29 is 13.2 Å². The van der Waals surface area contributed by atoms with Gasteiger partial charge in [0.1, 0.15) is 16.9 Å². The van der Waals surface area contributed by atoms with Crippen molar-refractivity contribution in [2.75, 3.05) is 0 Å². The average Bonchev–Trinajstić information content (AvgIpc) is 3.28. The number of hydrogen-bond donors (Lipinski definition) is 2. The molecule has 4 rings (SSSR count). The van der Waals surface area contributed by atoms with Crippen LogP contribution in [0.4, 0.5) is 13.2 Å². The average molecular weight is 388 g/mol. The number of rotatable bonds is 3. The summed E-state index contributed by atoms with van der Waals surface area (Å²) >= 11 is 0. The highest BCUT2D eigenvalue weighted by molar-refractivity contribution is 5.90. The van der Waals surface area contributed by atoms with Crippen LogP contribution in [0.1, 0.15) is 29.9 Å². The summed E-state index contributed by atoms with van der Waals surface area (Å²) in [6, 6.07) is 4.41. The van der Waals surface area contributed by atoms with Gasteiger partial charge in [0.05, 0.1) is 17.8 Å². The Morgan fingerprint density at radius 3 is 2.50 bits per heavy atom. The second-order valence-corrected chi connectivity index (χ2v) is 6.43. The fourth-order valence-electron chi connectivity index (χ4n) is 3.10. The van der Waals surface area contributed by atoms with Gasteiger partial charge in [-0.25, -0.2) is 9.67 Å². The summed E-state index contributed by atoms with van der Waals surface area (Å²) < 4.78 is 40.0. The fourth-order valence-corrected chi connectivity index (χ4v) is 3.10. The first-order chi connectivity index (χ1) is 13.3. The van der Waals surface area contributed by atoms with Crippen LogP contribution in [-0.4, -0.2) is 29.9 Å². The number of aromatic amines is 2. The van der Waals surface area contributed by atoms with Crippen LogP contribution in [0.25, 0.3) is 22.3 Å². The number of aromatic nitrogens is 6. The third-order valence-corrected chi connectivity index (χ3v) is 4.54. The molecule has 28 heavy (non-hydrogen) atoms. The van der Waals surface area contributed by atoms with Gasteiger partial charge >= 0.3 is 6.18 Å². The summed E-state index contributed by atoms with van der Waals surface area (Å²) in [5.41, 5.74) is 0.902. The lowest BCUT2D eigenvalue weighted by Gasteiger charge is -2.15. The van der Waals surface area contributed by atoms with Crippen LogP contribution in [0.5, 0.6) is 0 Å². The van der Waals surface area contributed by atoms with Crippen LogP contribution >= 0.6 is 0 Å². The zero-order valence-electron chi connectivity index (χ0n) is 14.9. The van der Waals surface area contributed by atoms with Crippen LogP contribution in [0.2, 0.25) is 0 Å². The second-order valence-electron chi connectivity index (χ2n) is 6.43. The normalized spacial score (nSPS) is 13.2. The minimum absolute atomic E-state index is 0.297. The van der Waals surface area contributed by atoms with Crippen LogP contribution in [0.15, 0.2) is 41.5 Å². The number of nitrogens with zero attached hydrogens (tertiary/aromatic N) is 4. The van der Waals surface area contributed by atoms with Crippen molar-refractivity contribution in [3.8, 4) is 11.3 Å². The standard InChI is InChI=1S/C18H15F3N6O/c1-9(11-3-5-13(6-4-11)18(19,20)21)27-16-14(17(28)25-10(2)24-16)15(26-27)12-7-22-23-8-12/h3-9H,1-2H3,(H,22,23)(H,24,25,28). The van der Waals surface area contributed by atoms with E-state index >= 15 is 0 Å². The van der Waals surface area contributed by atoms with E-state index < -0.39 is 17.8 Å². The minimum Gasteiger partial charge on any atom is -0.310 e. The molecule has 10 heteroatoms. The van der Waals surface area contributed by atoms with E-state index in [4.69, 9.17) is 0 Å². The quantitative estimate of drug-likeness (QED) is 0.562. The van der Waals surface area contributed by atoms with E-state index in [1.54, 1.807) is 24.7 Å². The molecule has 3 heterocycles. The number of nitrogens with one attached hydrogen (secondary N) is 2. The summed E-state index contributed by atoms with van der Waals surface area (Å²) in [7, 11) is 0. The topological polar surface area (TPSA) is 92.2 Å². The smallest absolute Gasteiger partial charge is 0.310 e. The predicted molar refractivity (Wildman–Crippen MR) is 95.7 cm³/mol. The Labute approximate surface area is 156 Å². The molecule has 3 aromatic heterocycles. The second kappa shape index (κ2) is 6.32. The van der Waals surface area contributed by atoms with Gasteiger partial charge in [-0.05, 0) is 31.5 Å². The van der Waals surface area contributed by atoms with Gasteiger partial charge < -0.3 is 4.98 Å². The highest BCUT2D eigenvalue weighted by atomic mass is 19.4. The number of H-pyrrole nitrogens is 2. The van der Waals surface area contributed by atoms with E-state index in [1.807, 2.05) is 0 Å². The molecule has 1 unspecified atom stereocenters. The van der Waals surface area contributed by atoms with Gasteiger partial charge in [0.2, 0.25) is 0 Å². The number of fused-ring (bicyclic) bond motifs is 1. The zero-order chi connectivity index (χ0) is 20.1. The molecule has 0 spiro atoms. The maximum atomic E-state index is 12.8. The molecule has 0 radical (unpaired) electrons. The molecule has 0 fully saturated rings. The molecular formula is C18H15F3N6O. The van der Waals surface area contributed by atoms with Crippen molar-refractivity contribution in [3.05, 3.63) is 64.0 Å². The van der Waals surface area contributed by atoms with E-state index in [1.165, 1.54) is 18.3 Å². The Morgan fingerprint density at radius 1 is 1.18 bits per heavy atom. The van der Waals surface area contributed by atoms with Crippen LogP contribution < -0.4 is 5.56 Å². The molecule has 1 atom stereocenters. The van der Waals surface area contributed by atoms with Crippen LogP contribution in [0, 0.1) is 6.92 Å². The Bertz CT molecular complexity index is 1190. The van der Waals surface area contributed by atoms with Gasteiger partial charge in [-0.15, -0.1) is 0 Å². The first-order valence-corrected chi connectivity index (χ1v) is 8.41. The van der Waals surface area contributed by atoms with E-state index in [2.05, 4.69) is 25.3 Å². The summed E-state index contributed by atoms with van der Waals surface area (Å²) in [6.07, 6.45) is -1.26. The molecule has 7 nitrogen and oxygen atoms in total. The summed E-state index contributed by atoms with van der Waals surface area (Å²) in [6.45, 7) is 3.44. The monoisotopic (exact) mass is 388 g/mol. The van der Waals surface area contributed by atoms with E-state index in [-0.39, 0.29) is 5.56 Å². The third kappa shape index (κ3) is 2.96. The summed E-state index contributed by atoms with van der Waals surface area (Å²) in [5.74, 6) is 0.414. The highest BCUT2D eigenvalue weighted by Crippen LogP contribution is 2.32. The molecule has 0 saturated heterocycles. The molecule has 0 bridgehead atoms. The Kier molecular flexibility index (Phi) is 4.06. The van der Waals surface area contributed by atoms with Crippen molar-refractivity contribution in [2.45, 2.75) is 26.1 Å². The minimum atomic E-state index is -4.40. The fraction of sp³-hybridized carbons (Fsp3) is 0.222. The first kappa shape index (κ1) is 18.0. The lowest BCUT2D eigenvalue weighted by Crippen LogP contribution is -2.13. The number of benzene rings is 1. The number of hydrogen-bond acceptors (Lipinski definition) is 4. The summed E-state index contributed by atoms with van der Waals surface area (Å²) in [5, 5.41) is 11.4. The van der Waals surface area contributed by atoms with Crippen LogP contribution in [0.3, 0.4) is 0 Å². The SMILES string of the molecule is Cc1nc2c(c(-c3cn[nH]c3)nn2C(C)c2ccc(C(F)(F)F)cc2)c(=O)[nH]1. The maximum Gasteiger partial charge on any atom is 0.416 e. The van der Waals surface area contributed by atoms with Gasteiger partial charge in [0.15, 0.2) is 5.65 Å². The van der Waals surface area contributed by atoms with Crippen molar-refractivity contribution in [1.82, 2.24) is 29.9 Å². The summed E-state index contributed by atoms with van der Waals surface area (Å²) in [4.78, 5) is 19.6. The molecule has 0 aliphatic heterocycles. The van der Waals surface area contributed by atoms with Crippen molar-refractivity contribution in [1.29, 1.82) is 0 Å². The first-order valence-electron chi connectivity index (χ1n) is 8.41. The van der Waals surface area contributed by atoms with E-state index in [0.717, 1.165) is 12.1 Å². The predicted octanol–water partition coefficient (Wildman–Crippen LogP) is 3.45. The molecule has 1 aromatic carbocycles. The third-order valence-electron chi connectivity index (χ3n) is 4.54. The molecule has 2 N–H and O–H groups in total. The molecular weight excluding hydrogens is 373 g/mol. The number of alkyl halides is 3. The van der Waals surface area contributed by atoms with Crippen molar-refractivity contribution >= 4 is 11.0 Å². The molecule has 4 aromatic rings. The molecule has 0 aliphatic carbocycles. The highest BCUT2D eigenvalue weighted by Gasteiger charge is 2.30. The molecule has 0 saturated carbocycles. The largest absolute Gasteiger partial charge is 0.416 e. The van der Waals surface area contributed by atoms with E-state index in [0.29, 0.717) is 33.7 Å². The Balaban J connectivity index is 1.88. The van der Waals surface area contributed by atoms with Crippen LogP contribution in [-0.2, 0) is 6.18 Å². The lowest BCUT2D eigenvalue weighted by molar-refractivity contribution is -0.137. The lowest BCUT2D eigenvalue weighted by atomic mass is 10.1. The Morgan fingerprint density at radius 2 is 1.89 bits per heavy atom. The molecule has 144 valence electrons. The number of aryl methyl sites for hydroxylation is 1. The van der Waals surface area contributed by atoms with Gasteiger partial charge in [0.25, 0.3) is 5.56 Å². The van der Waals surface area contributed by atoms with Gasteiger partial charge in [-0.3, -0.25) is 9.89 Å². The van der Waals surface area contributed by atoms with Gasteiger partial charge in [-0.1, -0.05) is 12.1 Å². The Hall–Kier alpha value is -3.43. The van der Waals surface area contributed by atoms with E-state index in [9.17, 15) is 18.0 Å². The zero-order valence-corrected chi connectivity index (χ0v) is 14.9.